The summed E-state index contributed by atoms with van der Waals surface area (Å²) < 4.78 is 59.7. The molecule has 3 aromatic heterocycles. The molecular weight excluding hydrogens is 1040 g/mol. The molecule has 0 atom stereocenters. The van der Waals surface area contributed by atoms with Gasteiger partial charge in [-0.1, -0.05) is 0 Å². The van der Waals surface area contributed by atoms with E-state index in [0.717, 1.165) is 76.8 Å². The molecule has 0 bridgehead atoms. The van der Waals surface area contributed by atoms with Crippen molar-refractivity contribution in [3.8, 4) is 56.4 Å². The Hall–Kier alpha value is -6.50. The number of fused-ring (bicyclic) bond motifs is 4. The Labute approximate surface area is 432 Å². The summed E-state index contributed by atoms with van der Waals surface area (Å²) in [4.78, 5) is 7.06. The van der Waals surface area contributed by atoms with Gasteiger partial charge in [-0.3, -0.25) is 0 Å². The second kappa shape index (κ2) is 17.4. The third-order valence-electron chi connectivity index (χ3n) is 13.7. The van der Waals surface area contributed by atoms with Crippen LogP contribution < -0.4 is 9.55 Å². The number of nitrogens with zero attached hydrogens (tertiary/aromatic N) is 6. The molecule has 70 heavy (non-hydrogen) atoms. The molecular formula is C61H63BN6OPt. The van der Waals surface area contributed by atoms with E-state index in [1.54, 1.807) is 0 Å². The first-order chi connectivity index (χ1) is 35.2. The number of anilines is 2. The van der Waals surface area contributed by atoms with Crippen molar-refractivity contribution in [3.05, 3.63) is 183 Å². The van der Waals surface area contributed by atoms with Gasteiger partial charge < -0.3 is 0 Å². The van der Waals surface area contributed by atoms with Gasteiger partial charge in [0.15, 0.2) is 0 Å². The Bertz CT molecular complexity index is 3810. The second-order valence-electron chi connectivity index (χ2n) is 21.8. The van der Waals surface area contributed by atoms with Crippen LogP contribution in [-0.4, -0.2) is 30.8 Å². The molecule has 0 spiro atoms. The van der Waals surface area contributed by atoms with Gasteiger partial charge in [-0.05, 0) is 32.4 Å². The average Bonchev–Trinajstić information content (AvgIpc) is 3.82. The second-order valence-corrected chi connectivity index (χ2v) is 22.9. The fraction of sp³-hybridized carbons (Fsp3) is 0.262. The van der Waals surface area contributed by atoms with E-state index in [9.17, 15) is 2.74 Å². The molecule has 0 unspecified atom stereocenters. The van der Waals surface area contributed by atoms with Crippen molar-refractivity contribution in [2.75, 3.05) is 4.81 Å². The number of para-hydroxylation sites is 2. The quantitative estimate of drug-likeness (QED) is 0.149. The molecule has 0 aliphatic carbocycles. The summed E-state index contributed by atoms with van der Waals surface area (Å²) in [6.45, 7) is 28.1. The molecule has 356 valence electrons. The number of benzene rings is 6. The number of imidazole rings is 1. The van der Waals surface area contributed by atoms with E-state index in [-0.39, 0.29) is 53.0 Å². The summed E-state index contributed by atoms with van der Waals surface area (Å²) >= 11 is 2.39. The van der Waals surface area contributed by atoms with Crippen molar-refractivity contribution in [2.24, 2.45) is 0 Å². The van der Waals surface area contributed by atoms with Crippen molar-refractivity contribution < 1.29 is 30.9 Å². The van der Waals surface area contributed by atoms with E-state index in [1.165, 1.54) is 11.1 Å². The van der Waals surface area contributed by atoms with E-state index in [2.05, 4.69) is 188 Å². The van der Waals surface area contributed by atoms with Gasteiger partial charge >= 0.3 is 385 Å². The first-order valence-electron chi connectivity index (χ1n) is 26.6. The summed E-state index contributed by atoms with van der Waals surface area (Å²) in [5.41, 5.74) is 14.7. The number of hydrogen-bond donors (Lipinski definition) is 0. The predicted molar refractivity (Wildman–Crippen MR) is 288 cm³/mol. The van der Waals surface area contributed by atoms with Crippen LogP contribution in [0.5, 0.6) is 11.5 Å². The maximum absolute atomic E-state index is 9.49. The van der Waals surface area contributed by atoms with Gasteiger partial charge in [-0.15, -0.1) is 0 Å². The van der Waals surface area contributed by atoms with E-state index in [4.69, 9.17) is 18.9 Å². The van der Waals surface area contributed by atoms with E-state index < -0.39 is 6.04 Å². The van der Waals surface area contributed by atoms with Gasteiger partial charge in [0, 0.05) is 6.20 Å². The van der Waals surface area contributed by atoms with Crippen molar-refractivity contribution in [1.82, 2.24) is 23.8 Å². The first-order valence-corrected chi connectivity index (χ1v) is 25.2. The molecule has 0 amide bonds. The predicted octanol–water partition coefficient (Wildman–Crippen LogP) is 15.8. The summed E-state index contributed by atoms with van der Waals surface area (Å²) in [5.74, 6) is 2.13. The van der Waals surface area contributed by atoms with Crippen LogP contribution in [0.3, 0.4) is 0 Å². The van der Waals surface area contributed by atoms with E-state index >= 15 is 0 Å². The van der Waals surface area contributed by atoms with E-state index in [1.807, 2.05) is 54.7 Å². The van der Waals surface area contributed by atoms with E-state index in [0.29, 0.717) is 22.7 Å². The van der Waals surface area contributed by atoms with Gasteiger partial charge in [0.05, 0.1) is 5.69 Å². The summed E-state index contributed by atoms with van der Waals surface area (Å²) in [7, 11) is 0. The molecule has 0 N–H and O–H groups in total. The van der Waals surface area contributed by atoms with Crippen LogP contribution in [0.1, 0.15) is 103 Å². The number of rotatable bonds is 7. The molecule has 1 aliphatic rings. The topological polar surface area (TPSA) is 53.0 Å². The van der Waals surface area contributed by atoms with Crippen LogP contribution in [0.4, 0.5) is 11.5 Å². The number of ether oxygens (including phenoxy) is 1. The van der Waals surface area contributed by atoms with Crippen molar-refractivity contribution in [2.45, 2.75) is 106 Å². The number of aromatic nitrogens is 5. The van der Waals surface area contributed by atoms with Crippen LogP contribution >= 0.6 is 0 Å². The number of hydrogen-bond acceptors (Lipinski definition) is 4. The third kappa shape index (κ3) is 8.42. The molecule has 6 aromatic carbocycles. The number of pyridine rings is 1. The zero-order chi connectivity index (χ0) is 54.0. The van der Waals surface area contributed by atoms with Crippen molar-refractivity contribution >= 4 is 29.5 Å². The Balaban J connectivity index is 1.21. The minimum absolute atomic E-state index is 0.146. The molecule has 0 radical (unpaired) electrons. The van der Waals surface area contributed by atoms with Crippen molar-refractivity contribution in [1.29, 1.82) is 0 Å². The normalized spacial score (nSPS) is 14.0. The summed E-state index contributed by atoms with van der Waals surface area (Å²) in [6, 6.07) is 36.1. The fourth-order valence-electron chi connectivity index (χ4n) is 9.62. The SMILES string of the molecule is [2H]c1c([2H])c([2H])c(-c2cc(C(C)(C)C)cc(-c3cc(C(C)(C)C)cc(C(C)(C)C)c3)c2-n2[c](=[Pt])n(-c3cccc(Oc4ccc5c(c4)N(c4cc(C)ccn4)B(C)n4nc(C)c(C)c4-5)c3)c3ccccc32)c([2H])c1[2H]. The van der Waals surface area contributed by atoms with Gasteiger partial charge in [-0.25, -0.2) is 0 Å². The Morgan fingerprint density at radius 2 is 1.23 bits per heavy atom. The monoisotopic (exact) mass is 1110 g/mol. The van der Waals surface area contributed by atoms with Gasteiger partial charge in [0.1, 0.15) is 0 Å². The molecule has 9 aromatic rings. The third-order valence-corrected chi connectivity index (χ3v) is 14.7. The molecule has 4 heterocycles. The Morgan fingerprint density at radius 3 is 1.87 bits per heavy atom. The molecule has 0 fully saturated rings. The molecule has 0 saturated carbocycles. The summed E-state index contributed by atoms with van der Waals surface area (Å²) in [6.07, 6.45) is 1.85. The van der Waals surface area contributed by atoms with Crippen molar-refractivity contribution in [3.63, 3.8) is 0 Å². The van der Waals surface area contributed by atoms with Gasteiger partial charge in [0.25, 0.3) is 0 Å². The van der Waals surface area contributed by atoms with Crippen LogP contribution in [0.15, 0.2) is 146 Å². The number of aryl methyl sites for hydroxylation is 2. The summed E-state index contributed by atoms with van der Waals surface area (Å²) in [5, 5.41) is 4.98. The van der Waals surface area contributed by atoms with Crippen LogP contribution in [-0.2, 0) is 35.6 Å². The molecule has 0 saturated heterocycles. The average molecular weight is 1110 g/mol. The zero-order valence-electron chi connectivity index (χ0n) is 47.5. The van der Waals surface area contributed by atoms with Crippen LogP contribution in [0.25, 0.3) is 55.9 Å². The minimum atomic E-state index is -0.431. The van der Waals surface area contributed by atoms with Crippen LogP contribution in [0, 0.1) is 24.6 Å². The standard InChI is InChI=1S/C61H63BN6O.Pt/c1-39-28-29-63-56(30-39)67-55-37-49(26-27-50(55)57-40(2)41(3)64-68(57)62(67)13)69-48-23-19-22-47(36-48)65-38-66(54-25-18-17-24-53(54)65)58-51(42-20-15-14-16-21-42)34-46(61(10,11)12)35-52(58)43-31-44(59(4,5)6)33-45(32-43)60(7,8)9;/h14-37H,1-13H3;/i14D,15D,16D,20D,21D;. The molecule has 7 nitrogen and oxygen atoms in total. The fourth-order valence-corrected chi connectivity index (χ4v) is 10.7. The first kappa shape index (κ1) is 41.3. The Kier molecular flexibility index (Phi) is 10.3. The maximum atomic E-state index is 9.49. The molecule has 9 heteroatoms. The molecule has 10 rings (SSSR count). The zero-order valence-corrected chi connectivity index (χ0v) is 44.7. The van der Waals surface area contributed by atoms with Gasteiger partial charge in [0.2, 0.25) is 0 Å². The molecule has 1 aliphatic heterocycles. The van der Waals surface area contributed by atoms with Gasteiger partial charge in [-0.2, -0.15) is 5.10 Å². The van der Waals surface area contributed by atoms with Crippen LogP contribution in [0.2, 0.25) is 6.82 Å². The Morgan fingerprint density at radius 1 is 0.614 bits per heavy atom.